The van der Waals surface area contributed by atoms with E-state index in [1.807, 2.05) is 6.92 Å². The van der Waals surface area contributed by atoms with Crippen molar-refractivity contribution in [3.63, 3.8) is 0 Å². The van der Waals surface area contributed by atoms with Gasteiger partial charge in [-0.25, -0.2) is 4.79 Å². The third-order valence-electron chi connectivity index (χ3n) is 4.49. The molecule has 0 spiro atoms. The molecule has 7 heteroatoms. The Morgan fingerprint density at radius 3 is 2.61 bits per heavy atom. The maximum absolute atomic E-state index is 12.0. The SMILES string of the molecule is CC1C(COc2cc(OC(=O)N3CCCC3)ccc2Cl)C1(Cl)Cl. The Hall–Kier alpha value is -0.840. The first-order chi connectivity index (χ1) is 10.9. The van der Waals surface area contributed by atoms with E-state index in [0.29, 0.717) is 23.1 Å². The number of alkyl halides is 2. The second kappa shape index (κ2) is 6.58. The molecule has 2 unspecified atom stereocenters. The zero-order chi connectivity index (χ0) is 16.6. The van der Waals surface area contributed by atoms with Crippen molar-refractivity contribution in [3.8, 4) is 11.5 Å². The number of ether oxygens (including phenoxy) is 2. The number of hydrogen-bond donors (Lipinski definition) is 0. The van der Waals surface area contributed by atoms with Crippen molar-refractivity contribution < 1.29 is 14.3 Å². The van der Waals surface area contributed by atoms with Gasteiger partial charge in [-0.3, -0.25) is 0 Å². The topological polar surface area (TPSA) is 38.8 Å². The molecule has 0 bridgehead atoms. The number of carbonyl (C=O) groups is 1. The summed E-state index contributed by atoms with van der Waals surface area (Å²) in [5.74, 6) is 1.12. The molecule has 1 saturated carbocycles. The summed E-state index contributed by atoms with van der Waals surface area (Å²) >= 11 is 18.4. The van der Waals surface area contributed by atoms with Gasteiger partial charge in [-0.2, -0.15) is 0 Å². The van der Waals surface area contributed by atoms with E-state index in [1.54, 1.807) is 23.1 Å². The van der Waals surface area contributed by atoms with Gasteiger partial charge in [0.15, 0.2) is 0 Å². The number of likely N-dealkylation sites (tertiary alicyclic amines) is 1. The average Bonchev–Trinajstić information content (AvgIpc) is 2.92. The van der Waals surface area contributed by atoms with E-state index in [4.69, 9.17) is 44.3 Å². The van der Waals surface area contributed by atoms with Gasteiger partial charge in [0.25, 0.3) is 0 Å². The molecule has 0 radical (unpaired) electrons. The zero-order valence-electron chi connectivity index (χ0n) is 12.7. The minimum atomic E-state index is -0.730. The van der Waals surface area contributed by atoms with Gasteiger partial charge in [-0.05, 0) is 30.9 Å². The summed E-state index contributed by atoms with van der Waals surface area (Å²) in [6, 6.07) is 4.91. The highest BCUT2D eigenvalue weighted by Crippen LogP contribution is 2.58. The molecule has 126 valence electrons. The van der Waals surface area contributed by atoms with Crippen LogP contribution in [-0.2, 0) is 0 Å². The third kappa shape index (κ3) is 3.65. The fourth-order valence-electron chi connectivity index (χ4n) is 2.72. The van der Waals surface area contributed by atoms with Gasteiger partial charge in [-0.15, -0.1) is 23.2 Å². The molecular formula is C16H18Cl3NO3. The summed E-state index contributed by atoms with van der Waals surface area (Å²) in [5.41, 5.74) is 0. The summed E-state index contributed by atoms with van der Waals surface area (Å²) in [4.78, 5) is 13.7. The summed E-state index contributed by atoms with van der Waals surface area (Å²) in [5, 5.41) is 0.453. The van der Waals surface area contributed by atoms with Crippen LogP contribution in [0.15, 0.2) is 18.2 Å². The molecule has 0 aromatic heterocycles. The number of rotatable bonds is 4. The molecule has 2 aliphatic rings. The third-order valence-corrected chi connectivity index (χ3v) is 6.05. The lowest BCUT2D eigenvalue weighted by molar-refractivity contribution is 0.162. The lowest BCUT2D eigenvalue weighted by Gasteiger charge is -2.15. The predicted molar refractivity (Wildman–Crippen MR) is 90.9 cm³/mol. The van der Waals surface area contributed by atoms with Crippen LogP contribution in [0, 0.1) is 11.8 Å². The highest BCUT2D eigenvalue weighted by molar-refractivity contribution is 6.51. The summed E-state index contributed by atoms with van der Waals surface area (Å²) < 4.78 is 10.4. The lowest BCUT2D eigenvalue weighted by Crippen LogP contribution is -2.30. The number of nitrogens with zero attached hydrogens (tertiary/aromatic N) is 1. The van der Waals surface area contributed by atoms with E-state index in [-0.39, 0.29) is 17.9 Å². The van der Waals surface area contributed by atoms with Crippen LogP contribution in [-0.4, -0.2) is 35.0 Å². The molecule has 4 nitrogen and oxygen atoms in total. The molecule has 1 aromatic rings. The van der Waals surface area contributed by atoms with Crippen molar-refractivity contribution >= 4 is 40.9 Å². The summed E-state index contributed by atoms with van der Waals surface area (Å²) in [6.07, 6.45) is 1.69. The standard InChI is InChI=1S/C16H18Cl3NO3/c1-10-12(16(10,18)19)9-22-14-8-11(4-5-13(14)17)23-15(21)20-6-2-3-7-20/h4-5,8,10,12H,2-3,6-7,9H2,1H3. The van der Waals surface area contributed by atoms with Crippen molar-refractivity contribution in [2.75, 3.05) is 19.7 Å². The van der Waals surface area contributed by atoms with Crippen LogP contribution in [0.25, 0.3) is 0 Å². The van der Waals surface area contributed by atoms with Crippen LogP contribution >= 0.6 is 34.8 Å². The van der Waals surface area contributed by atoms with Gasteiger partial charge in [0, 0.05) is 25.1 Å². The first-order valence-corrected chi connectivity index (χ1v) is 8.80. The maximum atomic E-state index is 12.0. The molecular weight excluding hydrogens is 361 g/mol. The van der Waals surface area contributed by atoms with Gasteiger partial charge >= 0.3 is 6.09 Å². The number of halogens is 3. The van der Waals surface area contributed by atoms with Gasteiger partial charge in [0.1, 0.15) is 15.8 Å². The highest BCUT2D eigenvalue weighted by Gasteiger charge is 2.60. The minimum absolute atomic E-state index is 0.0673. The lowest BCUT2D eigenvalue weighted by atomic mass is 10.3. The molecule has 2 atom stereocenters. The van der Waals surface area contributed by atoms with Crippen LogP contribution in [0.4, 0.5) is 4.79 Å². The Morgan fingerprint density at radius 2 is 2.00 bits per heavy atom. The normalized spacial score (nSPS) is 25.3. The Bertz CT molecular complexity index is 602. The molecule has 1 heterocycles. The van der Waals surface area contributed by atoms with Crippen molar-refractivity contribution in [1.82, 2.24) is 4.90 Å². The van der Waals surface area contributed by atoms with Crippen molar-refractivity contribution in [2.45, 2.75) is 24.1 Å². The molecule has 1 aliphatic carbocycles. The zero-order valence-corrected chi connectivity index (χ0v) is 15.0. The molecule has 2 fully saturated rings. The Balaban J connectivity index is 1.61. The molecule has 23 heavy (non-hydrogen) atoms. The minimum Gasteiger partial charge on any atom is -0.491 e. The molecule has 1 aliphatic heterocycles. The predicted octanol–water partition coefficient (Wildman–Crippen LogP) is 4.75. The number of hydrogen-bond acceptors (Lipinski definition) is 3. The van der Waals surface area contributed by atoms with Crippen molar-refractivity contribution in [3.05, 3.63) is 23.2 Å². The van der Waals surface area contributed by atoms with Crippen LogP contribution in [0.3, 0.4) is 0 Å². The Kier molecular flexibility index (Phi) is 4.86. The van der Waals surface area contributed by atoms with Gasteiger partial charge in [-0.1, -0.05) is 18.5 Å². The second-order valence-corrected chi connectivity index (χ2v) is 7.89. The fraction of sp³-hybridized carbons (Fsp3) is 0.562. The van der Waals surface area contributed by atoms with Gasteiger partial charge in [0.05, 0.1) is 11.6 Å². The summed E-state index contributed by atoms with van der Waals surface area (Å²) in [6.45, 7) is 3.83. The number of carbonyl (C=O) groups excluding carboxylic acids is 1. The number of amides is 1. The molecule has 1 aromatic carbocycles. The average molecular weight is 379 g/mol. The Morgan fingerprint density at radius 1 is 1.35 bits per heavy atom. The van der Waals surface area contributed by atoms with Crippen molar-refractivity contribution in [2.24, 2.45) is 11.8 Å². The second-order valence-electron chi connectivity index (χ2n) is 6.04. The van der Waals surface area contributed by atoms with Crippen LogP contribution < -0.4 is 9.47 Å². The van der Waals surface area contributed by atoms with E-state index in [0.717, 1.165) is 25.9 Å². The van der Waals surface area contributed by atoms with Crippen LogP contribution in [0.2, 0.25) is 5.02 Å². The fourth-order valence-corrected chi connectivity index (χ4v) is 3.57. The Labute approximate surface area is 150 Å². The quantitative estimate of drug-likeness (QED) is 0.709. The van der Waals surface area contributed by atoms with E-state index >= 15 is 0 Å². The molecule has 1 saturated heterocycles. The smallest absolute Gasteiger partial charge is 0.415 e. The first kappa shape index (κ1) is 17.0. The summed E-state index contributed by atoms with van der Waals surface area (Å²) in [7, 11) is 0. The van der Waals surface area contributed by atoms with Gasteiger partial charge in [0.2, 0.25) is 0 Å². The largest absolute Gasteiger partial charge is 0.491 e. The molecule has 3 rings (SSSR count). The maximum Gasteiger partial charge on any atom is 0.415 e. The van der Waals surface area contributed by atoms with Crippen LogP contribution in [0.5, 0.6) is 11.5 Å². The highest BCUT2D eigenvalue weighted by atomic mass is 35.5. The van der Waals surface area contributed by atoms with E-state index in [1.165, 1.54) is 0 Å². The monoisotopic (exact) mass is 377 g/mol. The number of benzene rings is 1. The van der Waals surface area contributed by atoms with E-state index in [2.05, 4.69) is 0 Å². The van der Waals surface area contributed by atoms with Gasteiger partial charge < -0.3 is 14.4 Å². The molecule has 0 N–H and O–H groups in total. The molecule has 1 amide bonds. The van der Waals surface area contributed by atoms with E-state index < -0.39 is 4.33 Å². The van der Waals surface area contributed by atoms with Crippen LogP contribution in [0.1, 0.15) is 19.8 Å². The van der Waals surface area contributed by atoms with E-state index in [9.17, 15) is 4.79 Å². The first-order valence-electron chi connectivity index (χ1n) is 7.66. The van der Waals surface area contributed by atoms with Crippen molar-refractivity contribution in [1.29, 1.82) is 0 Å².